The second-order valence-electron chi connectivity index (χ2n) is 11.2. The lowest BCUT2D eigenvalue weighted by Gasteiger charge is -2.26. The van der Waals surface area contributed by atoms with E-state index < -0.39 is 23.7 Å². The van der Waals surface area contributed by atoms with E-state index in [1.165, 1.54) is 12.0 Å². The number of amides is 1. The Labute approximate surface area is 241 Å². The molecule has 0 saturated carbocycles. The maximum Gasteiger partial charge on any atom is 0.337 e. The number of aliphatic hydroxyl groups excluding tert-OH is 1. The van der Waals surface area contributed by atoms with Crippen molar-refractivity contribution in [2.75, 3.05) is 18.6 Å². The molecule has 3 aromatic rings. The third-order valence-electron chi connectivity index (χ3n) is 7.25. The summed E-state index contributed by atoms with van der Waals surface area (Å²) in [6, 6.07) is 20.0. The van der Waals surface area contributed by atoms with E-state index in [4.69, 9.17) is 9.47 Å². The summed E-state index contributed by atoms with van der Waals surface area (Å²) in [6.45, 7) is 9.05. The van der Waals surface area contributed by atoms with Gasteiger partial charge in [-0.2, -0.15) is 0 Å². The number of hydrogen-bond donors (Lipinski definition) is 1. The van der Waals surface area contributed by atoms with Crippen LogP contribution in [0.2, 0.25) is 0 Å². The molecule has 41 heavy (non-hydrogen) atoms. The van der Waals surface area contributed by atoms with Gasteiger partial charge in [0.25, 0.3) is 11.7 Å². The first-order valence-corrected chi connectivity index (χ1v) is 13.9. The van der Waals surface area contributed by atoms with Crippen molar-refractivity contribution in [3.05, 3.63) is 101 Å². The van der Waals surface area contributed by atoms with Crippen LogP contribution in [0.1, 0.15) is 80.0 Å². The Morgan fingerprint density at radius 3 is 2.05 bits per heavy atom. The zero-order valence-corrected chi connectivity index (χ0v) is 24.3. The maximum absolute atomic E-state index is 13.5. The second-order valence-corrected chi connectivity index (χ2v) is 11.2. The average Bonchev–Trinajstić information content (AvgIpc) is 3.24. The van der Waals surface area contributed by atoms with Gasteiger partial charge in [-0.25, -0.2) is 4.79 Å². The van der Waals surface area contributed by atoms with E-state index in [9.17, 15) is 19.5 Å². The molecule has 214 valence electrons. The van der Waals surface area contributed by atoms with Crippen molar-refractivity contribution in [1.29, 1.82) is 0 Å². The first-order chi connectivity index (χ1) is 19.6. The van der Waals surface area contributed by atoms with Crippen LogP contribution >= 0.6 is 0 Å². The molecule has 0 aromatic heterocycles. The Morgan fingerprint density at radius 2 is 1.49 bits per heavy atom. The van der Waals surface area contributed by atoms with Gasteiger partial charge in [-0.15, -0.1) is 0 Å². The van der Waals surface area contributed by atoms with Crippen molar-refractivity contribution in [2.24, 2.45) is 0 Å². The number of esters is 1. The molecular weight excluding hydrogens is 518 g/mol. The molecule has 3 aromatic carbocycles. The molecule has 1 aliphatic rings. The second kappa shape index (κ2) is 12.4. The summed E-state index contributed by atoms with van der Waals surface area (Å²) in [5.74, 6) is -1.66. The summed E-state index contributed by atoms with van der Waals surface area (Å²) in [5.41, 5.74) is 2.80. The number of methoxy groups -OCH3 is 1. The van der Waals surface area contributed by atoms with Gasteiger partial charge in [0.15, 0.2) is 0 Å². The van der Waals surface area contributed by atoms with Crippen LogP contribution in [0.3, 0.4) is 0 Å². The molecule has 4 rings (SSSR count). The predicted molar refractivity (Wildman–Crippen MR) is 159 cm³/mol. The molecule has 0 aliphatic carbocycles. The summed E-state index contributed by atoms with van der Waals surface area (Å²) >= 11 is 0. The number of aliphatic hydroxyl groups is 1. The molecule has 1 fully saturated rings. The molecule has 1 N–H and O–H groups in total. The number of rotatable bonds is 9. The third-order valence-corrected chi connectivity index (χ3v) is 7.25. The van der Waals surface area contributed by atoms with Gasteiger partial charge in [0.05, 0.1) is 30.9 Å². The summed E-state index contributed by atoms with van der Waals surface area (Å²) in [6.07, 6.45) is 3.14. The van der Waals surface area contributed by atoms with Gasteiger partial charge in [0, 0.05) is 11.3 Å². The molecule has 1 atom stereocenters. The molecule has 0 radical (unpaired) electrons. The number of Topliss-reactive ketones (excluding diaryl/α,β-unsaturated/α-hetero) is 1. The highest BCUT2D eigenvalue weighted by molar-refractivity contribution is 6.51. The molecule has 7 nitrogen and oxygen atoms in total. The maximum atomic E-state index is 13.5. The topological polar surface area (TPSA) is 93.1 Å². The van der Waals surface area contributed by atoms with Gasteiger partial charge in [-0.3, -0.25) is 14.5 Å². The predicted octanol–water partition coefficient (Wildman–Crippen LogP) is 6.97. The van der Waals surface area contributed by atoms with Crippen LogP contribution in [-0.4, -0.2) is 36.5 Å². The molecule has 0 spiro atoms. The number of unbranched alkanes of at least 4 members (excludes halogenated alkanes) is 2. The van der Waals surface area contributed by atoms with Crippen molar-refractivity contribution >= 4 is 29.1 Å². The Morgan fingerprint density at radius 1 is 0.878 bits per heavy atom. The number of nitrogens with zero attached hydrogens (tertiary/aromatic N) is 1. The van der Waals surface area contributed by atoms with Crippen LogP contribution in [0.5, 0.6) is 5.75 Å². The number of benzene rings is 3. The van der Waals surface area contributed by atoms with Crippen molar-refractivity contribution in [3.63, 3.8) is 0 Å². The van der Waals surface area contributed by atoms with Gasteiger partial charge in [0.2, 0.25) is 0 Å². The Balaban J connectivity index is 1.77. The van der Waals surface area contributed by atoms with Crippen LogP contribution in [-0.2, 0) is 19.7 Å². The monoisotopic (exact) mass is 555 g/mol. The van der Waals surface area contributed by atoms with Gasteiger partial charge < -0.3 is 14.6 Å². The number of carbonyl (C=O) groups is 3. The van der Waals surface area contributed by atoms with Crippen molar-refractivity contribution < 1.29 is 29.0 Å². The van der Waals surface area contributed by atoms with Crippen LogP contribution in [0.25, 0.3) is 5.76 Å². The first-order valence-electron chi connectivity index (χ1n) is 13.9. The normalized spacial score (nSPS) is 16.6. The quantitative estimate of drug-likeness (QED) is 0.101. The fourth-order valence-corrected chi connectivity index (χ4v) is 4.86. The highest BCUT2D eigenvalue weighted by Crippen LogP contribution is 2.42. The van der Waals surface area contributed by atoms with Crippen molar-refractivity contribution in [1.82, 2.24) is 0 Å². The zero-order chi connectivity index (χ0) is 29.7. The largest absolute Gasteiger partial charge is 0.507 e. The fourth-order valence-electron chi connectivity index (χ4n) is 4.86. The van der Waals surface area contributed by atoms with Crippen LogP contribution in [0.4, 0.5) is 5.69 Å². The van der Waals surface area contributed by atoms with Crippen LogP contribution in [0.15, 0.2) is 78.4 Å². The number of ketones is 1. The van der Waals surface area contributed by atoms with E-state index >= 15 is 0 Å². The number of anilines is 1. The van der Waals surface area contributed by atoms with Crippen molar-refractivity contribution in [3.8, 4) is 5.75 Å². The van der Waals surface area contributed by atoms with E-state index in [1.807, 2.05) is 24.3 Å². The number of hydrogen-bond acceptors (Lipinski definition) is 6. The number of carbonyl (C=O) groups excluding carboxylic acids is 3. The van der Waals surface area contributed by atoms with Gasteiger partial charge in [0.1, 0.15) is 11.5 Å². The Bertz CT molecular complexity index is 1430. The smallest absolute Gasteiger partial charge is 0.337 e. The molecule has 0 bridgehead atoms. The Hall–Kier alpha value is -4.39. The minimum absolute atomic E-state index is 0.00725. The standard InChI is InChI=1S/C34H37NO6/c1-6-7-8-21-41-27-19-13-23(14-20-27)30(36)28-29(22-9-15-25(16-10-22)34(2,3)4)35(32(38)31(28)37)26-17-11-24(12-18-26)33(39)40-5/h9-20,29,36H,6-8,21H2,1-5H3/b30-28+. The average molecular weight is 556 g/mol. The summed E-state index contributed by atoms with van der Waals surface area (Å²) < 4.78 is 10.6. The lowest BCUT2D eigenvalue weighted by Crippen LogP contribution is -2.29. The fraction of sp³-hybridized carbons (Fsp3) is 0.324. The highest BCUT2D eigenvalue weighted by atomic mass is 16.5. The molecule has 1 heterocycles. The lowest BCUT2D eigenvalue weighted by atomic mass is 9.85. The molecule has 1 saturated heterocycles. The summed E-state index contributed by atoms with van der Waals surface area (Å²) in [7, 11) is 1.29. The summed E-state index contributed by atoms with van der Waals surface area (Å²) in [4.78, 5) is 40.3. The minimum Gasteiger partial charge on any atom is -0.507 e. The van der Waals surface area contributed by atoms with E-state index in [2.05, 4.69) is 27.7 Å². The number of ether oxygens (including phenoxy) is 2. The lowest BCUT2D eigenvalue weighted by molar-refractivity contribution is -0.132. The van der Waals surface area contributed by atoms with Crippen LogP contribution in [0, 0.1) is 0 Å². The van der Waals surface area contributed by atoms with Gasteiger partial charge >= 0.3 is 5.97 Å². The molecule has 7 heteroatoms. The molecule has 1 aliphatic heterocycles. The van der Waals surface area contributed by atoms with Gasteiger partial charge in [-0.05, 0) is 71.5 Å². The first kappa shape index (κ1) is 29.6. The van der Waals surface area contributed by atoms with E-state index in [1.54, 1.807) is 48.5 Å². The third kappa shape index (κ3) is 6.35. The molecule has 1 unspecified atom stereocenters. The molecule has 1 amide bonds. The van der Waals surface area contributed by atoms with Gasteiger partial charge in [-0.1, -0.05) is 64.8 Å². The van der Waals surface area contributed by atoms with E-state index in [0.717, 1.165) is 24.8 Å². The van der Waals surface area contributed by atoms with E-state index in [0.29, 0.717) is 34.7 Å². The summed E-state index contributed by atoms with van der Waals surface area (Å²) in [5, 5.41) is 11.5. The van der Waals surface area contributed by atoms with Crippen LogP contribution < -0.4 is 9.64 Å². The minimum atomic E-state index is -0.877. The highest BCUT2D eigenvalue weighted by Gasteiger charge is 2.47. The SMILES string of the molecule is CCCCCOc1ccc(/C(O)=C2\C(=O)C(=O)N(c3ccc(C(=O)OC)cc3)C2c2ccc(C(C)(C)C)cc2)cc1. The van der Waals surface area contributed by atoms with E-state index in [-0.39, 0.29) is 16.7 Å². The zero-order valence-electron chi connectivity index (χ0n) is 24.3. The van der Waals surface area contributed by atoms with Crippen molar-refractivity contribution in [2.45, 2.75) is 58.4 Å². The Kier molecular flexibility index (Phi) is 8.96. The molecular formula is C34H37NO6.